The molecule has 0 saturated carbocycles. The summed E-state index contributed by atoms with van der Waals surface area (Å²) in [5, 5.41) is 11.2. The summed E-state index contributed by atoms with van der Waals surface area (Å²) in [5.41, 5.74) is 1.24. The highest BCUT2D eigenvalue weighted by atomic mass is 16.5. The van der Waals surface area contributed by atoms with E-state index in [-0.39, 0.29) is 11.3 Å². The number of methoxy groups -OCH3 is 1. The minimum atomic E-state index is -0.694. The van der Waals surface area contributed by atoms with E-state index in [2.05, 4.69) is 6.92 Å². The summed E-state index contributed by atoms with van der Waals surface area (Å²) < 4.78 is 11.1. The highest BCUT2D eigenvalue weighted by Gasteiger charge is 2.45. The summed E-state index contributed by atoms with van der Waals surface area (Å²) in [6, 6.07) is 13.5. The van der Waals surface area contributed by atoms with E-state index in [1.807, 2.05) is 43.3 Å². The number of likely N-dealkylation sites (tertiary alicyclic amines) is 1. The Morgan fingerprint density at radius 3 is 2.44 bits per heavy atom. The van der Waals surface area contributed by atoms with Gasteiger partial charge in [-0.05, 0) is 50.3 Å². The molecule has 1 aliphatic rings. The van der Waals surface area contributed by atoms with Gasteiger partial charge < -0.3 is 24.4 Å². The number of benzene rings is 2. The monoisotopic (exact) mass is 466 g/mol. The number of carbonyl (C=O) groups excluding carboxylic acids is 2. The van der Waals surface area contributed by atoms with Gasteiger partial charge in [0.15, 0.2) is 0 Å². The fourth-order valence-electron chi connectivity index (χ4n) is 3.98. The van der Waals surface area contributed by atoms with Gasteiger partial charge in [-0.15, -0.1) is 0 Å². The number of unbranched alkanes of at least 4 members (excludes halogenated alkanes) is 2. The van der Waals surface area contributed by atoms with Gasteiger partial charge in [-0.25, -0.2) is 0 Å². The van der Waals surface area contributed by atoms with Crippen molar-refractivity contribution < 1.29 is 24.2 Å². The Balaban J connectivity index is 2.00. The van der Waals surface area contributed by atoms with Gasteiger partial charge in [0.25, 0.3) is 11.7 Å². The Morgan fingerprint density at radius 1 is 1.06 bits per heavy atom. The number of carbonyl (C=O) groups is 2. The molecule has 0 aromatic heterocycles. The Kier molecular flexibility index (Phi) is 8.71. The van der Waals surface area contributed by atoms with Crippen LogP contribution in [-0.2, 0) is 9.59 Å². The lowest BCUT2D eigenvalue weighted by Crippen LogP contribution is -2.35. The minimum absolute atomic E-state index is 0.0774. The molecule has 34 heavy (non-hydrogen) atoms. The second kappa shape index (κ2) is 11.7. The zero-order valence-electron chi connectivity index (χ0n) is 20.4. The van der Waals surface area contributed by atoms with Crippen molar-refractivity contribution in [2.24, 2.45) is 0 Å². The molecule has 3 rings (SSSR count). The molecule has 2 aromatic rings. The lowest BCUT2D eigenvalue weighted by Gasteiger charge is -2.26. The van der Waals surface area contributed by atoms with E-state index in [0.29, 0.717) is 31.0 Å². The summed E-state index contributed by atoms with van der Waals surface area (Å²) in [6.45, 7) is 3.73. The topological polar surface area (TPSA) is 79.3 Å². The Morgan fingerprint density at radius 2 is 1.79 bits per heavy atom. The molecular weight excluding hydrogens is 432 g/mol. The maximum Gasteiger partial charge on any atom is 0.295 e. The van der Waals surface area contributed by atoms with Crippen molar-refractivity contribution in [1.82, 2.24) is 9.80 Å². The standard InChI is InChI=1S/C27H34N2O5/c1-5-6-7-17-34-21-13-11-19(12-14-21)24-23(25(30)20-9-8-10-22(18-20)33-4)26(31)27(32)29(24)16-15-28(2)3/h8-14,18,24,30H,5-7,15-17H2,1-4H3. The molecule has 1 aliphatic heterocycles. The number of hydrogen-bond donors (Lipinski definition) is 1. The van der Waals surface area contributed by atoms with Gasteiger partial charge in [0, 0.05) is 18.7 Å². The van der Waals surface area contributed by atoms with Crippen LogP contribution in [0.25, 0.3) is 5.76 Å². The number of ketones is 1. The SMILES string of the molecule is CCCCCOc1ccc(C2C(=C(O)c3cccc(OC)c3)C(=O)C(=O)N2CCN(C)C)cc1. The number of likely N-dealkylation sites (N-methyl/N-ethyl adjacent to an activating group) is 1. The minimum Gasteiger partial charge on any atom is -0.507 e. The first-order chi connectivity index (χ1) is 16.4. The van der Waals surface area contributed by atoms with Gasteiger partial charge in [-0.1, -0.05) is 44.0 Å². The zero-order valence-corrected chi connectivity index (χ0v) is 20.4. The van der Waals surface area contributed by atoms with Crippen LogP contribution in [0.15, 0.2) is 54.1 Å². The van der Waals surface area contributed by atoms with Crippen LogP contribution in [0.3, 0.4) is 0 Å². The summed E-state index contributed by atoms with van der Waals surface area (Å²) in [7, 11) is 5.35. The Labute approximate surface area is 201 Å². The predicted molar refractivity (Wildman–Crippen MR) is 132 cm³/mol. The molecule has 7 heteroatoms. The third-order valence-corrected chi connectivity index (χ3v) is 5.88. The maximum atomic E-state index is 13.1. The average molecular weight is 467 g/mol. The maximum absolute atomic E-state index is 13.1. The second-order valence-electron chi connectivity index (χ2n) is 8.65. The first-order valence-electron chi connectivity index (χ1n) is 11.7. The summed E-state index contributed by atoms with van der Waals surface area (Å²) in [4.78, 5) is 29.6. The first kappa shape index (κ1) is 25.3. The van der Waals surface area contributed by atoms with Gasteiger partial charge in [-0.2, -0.15) is 0 Å². The number of aliphatic hydroxyl groups excluding tert-OH is 1. The number of rotatable bonds is 11. The number of amides is 1. The molecule has 182 valence electrons. The molecule has 1 saturated heterocycles. The van der Waals surface area contributed by atoms with Crippen molar-refractivity contribution in [3.63, 3.8) is 0 Å². The van der Waals surface area contributed by atoms with E-state index in [1.54, 1.807) is 24.3 Å². The van der Waals surface area contributed by atoms with Crippen LogP contribution in [0.1, 0.15) is 43.4 Å². The van der Waals surface area contributed by atoms with Crippen molar-refractivity contribution >= 4 is 17.4 Å². The van der Waals surface area contributed by atoms with E-state index >= 15 is 0 Å². The van der Waals surface area contributed by atoms with Crippen molar-refractivity contribution in [1.29, 1.82) is 0 Å². The highest BCUT2D eigenvalue weighted by Crippen LogP contribution is 2.40. The lowest BCUT2D eigenvalue weighted by atomic mass is 9.95. The number of nitrogens with zero attached hydrogens (tertiary/aromatic N) is 2. The van der Waals surface area contributed by atoms with Crippen LogP contribution in [-0.4, -0.2) is 67.5 Å². The molecule has 1 heterocycles. The summed E-state index contributed by atoms with van der Waals surface area (Å²) >= 11 is 0. The second-order valence-corrected chi connectivity index (χ2v) is 8.65. The molecule has 1 N–H and O–H groups in total. The fourth-order valence-corrected chi connectivity index (χ4v) is 3.98. The molecule has 0 spiro atoms. The van der Waals surface area contributed by atoms with E-state index in [4.69, 9.17) is 9.47 Å². The van der Waals surface area contributed by atoms with Gasteiger partial charge in [-0.3, -0.25) is 9.59 Å². The van der Waals surface area contributed by atoms with Crippen molar-refractivity contribution in [3.8, 4) is 11.5 Å². The third-order valence-electron chi connectivity index (χ3n) is 5.88. The van der Waals surface area contributed by atoms with Crippen LogP contribution in [0, 0.1) is 0 Å². The summed E-state index contributed by atoms with van der Waals surface area (Å²) in [6.07, 6.45) is 3.23. The van der Waals surface area contributed by atoms with E-state index in [0.717, 1.165) is 30.6 Å². The molecule has 1 amide bonds. The largest absolute Gasteiger partial charge is 0.507 e. The Bertz CT molecular complexity index is 1030. The van der Waals surface area contributed by atoms with Crippen LogP contribution < -0.4 is 9.47 Å². The smallest absolute Gasteiger partial charge is 0.295 e. The summed E-state index contributed by atoms with van der Waals surface area (Å²) in [5.74, 6) is -0.237. The molecular formula is C27H34N2O5. The number of aliphatic hydroxyl groups is 1. The van der Waals surface area contributed by atoms with Crippen molar-refractivity contribution in [3.05, 3.63) is 65.2 Å². The number of hydrogen-bond acceptors (Lipinski definition) is 6. The van der Waals surface area contributed by atoms with Gasteiger partial charge in [0.2, 0.25) is 0 Å². The average Bonchev–Trinajstić information content (AvgIpc) is 3.10. The van der Waals surface area contributed by atoms with Crippen molar-refractivity contribution in [2.75, 3.05) is 40.9 Å². The van der Waals surface area contributed by atoms with E-state index < -0.39 is 17.7 Å². The molecule has 0 aliphatic carbocycles. The van der Waals surface area contributed by atoms with Crippen LogP contribution >= 0.6 is 0 Å². The first-order valence-corrected chi connectivity index (χ1v) is 11.7. The molecule has 0 radical (unpaired) electrons. The number of ether oxygens (including phenoxy) is 2. The fraction of sp³-hybridized carbons (Fsp3) is 0.407. The van der Waals surface area contributed by atoms with E-state index in [1.165, 1.54) is 12.0 Å². The molecule has 2 aromatic carbocycles. The van der Waals surface area contributed by atoms with Crippen molar-refractivity contribution in [2.45, 2.75) is 32.2 Å². The van der Waals surface area contributed by atoms with Crippen LogP contribution in [0.4, 0.5) is 0 Å². The highest BCUT2D eigenvalue weighted by molar-refractivity contribution is 6.46. The molecule has 1 atom stereocenters. The quantitative estimate of drug-likeness (QED) is 0.231. The molecule has 0 bridgehead atoms. The molecule has 7 nitrogen and oxygen atoms in total. The number of Topliss-reactive ketones (excluding diaryl/α,β-unsaturated/α-hetero) is 1. The van der Waals surface area contributed by atoms with Crippen LogP contribution in [0.2, 0.25) is 0 Å². The van der Waals surface area contributed by atoms with Gasteiger partial charge >= 0.3 is 0 Å². The van der Waals surface area contributed by atoms with Gasteiger partial charge in [0.05, 0.1) is 25.3 Å². The predicted octanol–water partition coefficient (Wildman–Crippen LogP) is 4.25. The zero-order chi connectivity index (χ0) is 24.7. The van der Waals surface area contributed by atoms with E-state index in [9.17, 15) is 14.7 Å². The molecule has 1 fully saturated rings. The normalized spacial score (nSPS) is 17.4. The van der Waals surface area contributed by atoms with Gasteiger partial charge in [0.1, 0.15) is 17.3 Å². The lowest BCUT2D eigenvalue weighted by molar-refractivity contribution is -0.140. The third kappa shape index (κ3) is 5.78. The molecule has 1 unspecified atom stereocenters. The Hall–Kier alpha value is -3.32. The van der Waals surface area contributed by atoms with Crippen LogP contribution in [0.5, 0.6) is 11.5 Å².